The van der Waals surface area contributed by atoms with Gasteiger partial charge >= 0.3 is 7.32 Å². The molecule has 7 heteroatoms. The first-order chi connectivity index (χ1) is 8.00. The third kappa shape index (κ3) is 2.06. The van der Waals surface area contributed by atoms with Crippen LogP contribution in [-0.4, -0.2) is 17.4 Å². The maximum Gasteiger partial charge on any atom is 0.707 e. The smallest absolute Gasteiger partial charge is 0.512 e. The molecule has 88 valence electrons. The van der Waals surface area contributed by atoms with Crippen LogP contribution in [0, 0.1) is 17.5 Å². The molecular formula is C10H6BF3O3. The van der Waals surface area contributed by atoms with E-state index in [0.717, 1.165) is 24.3 Å². The molecule has 0 amide bonds. The van der Waals surface area contributed by atoms with Gasteiger partial charge in [0.05, 0.1) is 5.39 Å². The summed E-state index contributed by atoms with van der Waals surface area (Å²) in [5.41, 5.74) is 0. The van der Waals surface area contributed by atoms with E-state index in [-0.39, 0.29) is 11.1 Å². The number of hydrogen-bond acceptors (Lipinski definition) is 3. The largest absolute Gasteiger partial charge is 0.707 e. The molecule has 0 radical (unpaired) electrons. The summed E-state index contributed by atoms with van der Waals surface area (Å²) < 4.78 is 44.2. The van der Waals surface area contributed by atoms with Crippen molar-refractivity contribution in [1.82, 2.24) is 0 Å². The van der Waals surface area contributed by atoms with Crippen molar-refractivity contribution in [2.75, 3.05) is 0 Å². The Balaban J connectivity index is 2.74. The summed E-state index contributed by atoms with van der Waals surface area (Å²) in [6, 6.07) is 3.83. The molecule has 0 saturated heterocycles. The summed E-state index contributed by atoms with van der Waals surface area (Å²) in [7, 11) is -2.13. The van der Waals surface area contributed by atoms with E-state index >= 15 is 0 Å². The fourth-order valence-electron chi connectivity index (χ4n) is 1.53. The van der Waals surface area contributed by atoms with E-state index < -0.39 is 30.2 Å². The molecule has 0 bridgehead atoms. The van der Waals surface area contributed by atoms with Crippen molar-refractivity contribution in [2.24, 2.45) is 0 Å². The highest BCUT2D eigenvalue weighted by Crippen LogP contribution is 2.31. The van der Waals surface area contributed by atoms with Gasteiger partial charge in [0, 0.05) is 5.39 Å². The number of hydrogen-bond donors (Lipinski definition) is 2. The van der Waals surface area contributed by atoms with Crippen molar-refractivity contribution in [1.29, 1.82) is 0 Å². The van der Waals surface area contributed by atoms with Crippen LogP contribution in [0.15, 0.2) is 24.3 Å². The van der Waals surface area contributed by atoms with Gasteiger partial charge in [-0.15, -0.1) is 0 Å². The van der Waals surface area contributed by atoms with Crippen LogP contribution in [-0.2, 0) is 0 Å². The lowest BCUT2D eigenvalue weighted by molar-refractivity contribution is 0.289. The monoisotopic (exact) mass is 242 g/mol. The highest BCUT2D eigenvalue weighted by Gasteiger charge is 2.18. The van der Waals surface area contributed by atoms with Gasteiger partial charge in [-0.2, -0.15) is 0 Å². The Morgan fingerprint density at radius 2 is 1.59 bits per heavy atom. The maximum absolute atomic E-state index is 13.4. The van der Waals surface area contributed by atoms with E-state index in [1.807, 2.05) is 0 Å². The lowest BCUT2D eigenvalue weighted by Gasteiger charge is -2.09. The minimum absolute atomic E-state index is 0.0861. The first-order valence-corrected chi connectivity index (χ1v) is 4.59. The Bertz CT molecular complexity index is 574. The van der Waals surface area contributed by atoms with E-state index in [2.05, 4.69) is 4.65 Å². The average molecular weight is 242 g/mol. The molecule has 0 aliphatic heterocycles. The molecule has 17 heavy (non-hydrogen) atoms. The number of fused-ring (bicyclic) bond motifs is 1. The Hall–Kier alpha value is -1.73. The SMILES string of the molecule is OB(O)Oc1ccc(F)c2c(F)c(F)ccc12. The molecule has 0 aliphatic rings. The molecule has 0 heterocycles. The van der Waals surface area contributed by atoms with Crippen LogP contribution in [0.4, 0.5) is 13.2 Å². The molecule has 0 saturated carbocycles. The minimum atomic E-state index is -2.13. The summed E-state index contributed by atoms with van der Waals surface area (Å²) in [5, 5.41) is 16.6. The third-order valence-electron chi connectivity index (χ3n) is 2.21. The molecule has 0 atom stereocenters. The Labute approximate surface area is 94.2 Å². The summed E-state index contributed by atoms with van der Waals surface area (Å²) in [4.78, 5) is 0. The second-order valence-corrected chi connectivity index (χ2v) is 3.27. The highest BCUT2D eigenvalue weighted by molar-refractivity contribution is 6.34. The summed E-state index contributed by atoms with van der Waals surface area (Å²) in [5.74, 6) is -3.66. The molecule has 0 spiro atoms. The first-order valence-electron chi connectivity index (χ1n) is 4.59. The lowest BCUT2D eigenvalue weighted by Crippen LogP contribution is -2.20. The fourth-order valence-corrected chi connectivity index (χ4v) is 1.53. The van der Waals surface area contributed by atoms with Crippen molar-refractivity contribution in [2.45, 2.75) is 0 Å². The standard InChI is InChI=1S/C10H6BF3O3/c12-6-3-4-8(17-11(15)16)5-1-2-7(13)10(14)9(5)6/h1-4,15-16H. The van der Waals surface area contributed by atoms with Crippen LogP contribution >= 0.6 is 0 Å². The average Bonchev–Trinajstić information content (AvgIpc) is 2.26. The Morgan fingerprint density at radius 1 is 0.941 bits per heavy atom. The van der Waals surface area contributed by atoms with E-state index in [1.54, 1.807) is 0 Å². The zero-order chi connectivity index (χ0) is 12.6. The Kier molecular flexibility index (Phi) is 2.95. The number of halogens is 3. The van der Waals surface area contributed by atoms with Crippen LogP contribution in [0.5, 0.6) is 5.75 Å². The van der Waals surface area contributed by atoms with Crippen LogP contribution < -0.4 is 4.65 Å². The molecule has 0 aromatic heterocycles. The summed E-state index contributed by atoms with van der Waals surface area (Å²) in [6.07, 6.45) is 0. The lowest BCUT2D eigenvalue weighted by atomic mass is 10.1. The summed E-state index contributed by atoms with van der Waals surface area (Å²) >= 11 is 0. The van der Waals surface area contributed by atoms with E-state index in [9.17, 15) is 13.2 Å². The maximum atomic E-state index is 13.4. The summed E-state index contributed by atoms with van der Waals surface area (Å²) in [6.45, 7) is 0. The van der Waals surface area contributed by atoms with E-state index in [0.29, 0.717) is 0 Å². The molecule has 2 rings (SSSR count). The Morgan fingerprint density at radius 3 is 2.24 bits per heavy atom. The molecule has 2 aromatic rings. The van der Waals surface area contributed by atoms with Gasteiger partial charge in [-0.3, -0.25) is 0 Å². The predicted molar refractivity (Wildman–Crippen MR) is 54.6 cm³/mol. The fraction of sp³-hybridized carbons (Fsp3) is 0. The molecule has 0 fully saturated rings. The quantitative estimate of drug-likeness (QED) is 0.786. The van der Waals surface area contributed by atoms with Gasteiger partial charge in [-0.1, -0.05) is 0 Å². The molecule has 2 aromatic carbocycles. The van der Waals surface area contributed by atoms with Crippen molar-refractivity contribution in [3.63, 3.8) is 0 Å². The topological polar surface area (TPSA) is 49.7 Å². The van der Waals surface area contributed by atoms with Crippen molar-refractivity contribution in [3.8, 4) is 5.75 Å². The minimum Gasteiger partial charge on any atom is -0.512 e. The molecule has 0 aliphatic carbocycles. The van der Waals surface area contributed by atoms with E-state index in [4.69, 9.17) is 10.0 Å². The van der Waals surface area contributed by atoms with Gasteiger partial charge in [-0.25, -0.2) is 13.2 Å². The second-order valence-electron chi connectivity index (χ2n) is 3.27. The van der Waals surface area contributed by atoms with Crippen molar-refractivity contribution >= 4 is 18.1 Å². The van der Waals surface area contributed by atoms with Crippen molar-refractivity contribution in [3.05, 3.63) is 41.7 Å². The number of benzene rings is 2. The first kappa shape index (κ1) is 11.8. The number of rotatable bonds is 2. The van der Waals surface area contributed by atoms with Gasteiger partial charge in [-0.05, 0) is 24.3 Å². The van der Waals surface area contributed by atoms with Crippen LogP contribution in [0.1, 0.15) is 0 Å². The van der Waals surface area contributed by atoms with E-state index in [1.165, 1.54) is 0 Å². The van der Waals surface area contributed by atoms with Gasteiger partial charge in [0.25, 0.3) is 0 Å². The zero-order valence-corrected chi connectivity index (χ0v) is 8.32. The molecular weight excluding hydrogens is 236 g/mol. The third-order valence-corrected chi connectivity index (χ3v) is 2.21. The zero-order valence-electron chi connectivity index (χ0n) is 8.32. The van der Waals surface area contributed by atoms with Crippen LogP contribution in [0.3, 0.4) is 0 Å². The van der Waals surface area contributed by atoms with Gasteiger partial charge < -0.3 is 14.7 Å². The predicted octanol–water partition coefficient (Wildman–Crippen LogP) is 1.61. The van der Waals surface area contributed by atoms with Gasteiger partial charge in [0.2, 0.25) is 0 Å². The molecule has 0 unspecified atom stereocenters. The van der Waals surface area contributed by atoms with Gasteiger partial charge in [0.1, 0.15) is 11.6 Å². The normalized spacial score (nSPS) is 10.6. The van der Waals surface area contributed by atoms with Gasteiger partial charge in [0.15, 0.2) is 11.6 Å². The van der Waals surface area contributed by atoms with Crippen LogP contribution in [0.2, 0.25) is 0 Å². The molecule has 2 N–H and O–H groups in total. The van der Waals surface area contributed by atoms with Crippen LogP contribution in [0.25, 0.3) is 10.8 Å². The second kappa shape index (κ2) is 4.27. The molecule has 3 nitrogen and oxygen atoms in total. The highest BCUT2D eigenvalue weighted by atomic mass is 19.2. The van der Waals surface area contributed by atoms with Crippen molar-refractivity contribution < 1.29 is 27.9 Å².